The van der Waals surface area contributed by atoms with E-state index in [2.05, 4.69) is 0 Å². The van der Waals surface area contributed by atoms with Crippen molar-refractivity contribution < 1.29 is 13.6 Å². The summed E-state index contributed by atoms with van der Waals surface area (Å²) in [6.07, 6.45) is 0.702. The van der Waals surface area contributed by atoms with E-state index < -0.39 is 5.82 Å². The lowest BCUT2D eigenvalue weighted by Gasteiger charge is -2.42. The molecular formula is C20H23ClF2N2O. The zero-order valence-electron chi connectivity index (χ0n) is 14.8. The quantitative estimate of drug-likeness (QED) is 0.846. The summed E-state index contributed by atoms with van der Waals surface area (Å²) in [4.78, 5) is 14.4. The monoisotopic (exact) mass is 380 g/mol. The molecule has 1 atom stereocenters. The van der Waals surface area contributed by atoms with E-state index in [1.54, 1.807) is 23.1 Å². The van der Waals surface area contributed by atoms with E-state index in [0.717, 1.165) is 0 Å². The fraction of sp³-hybridized carbons (Fsp3) is 0.350. The Morgan fingerprint density at radius 3 is 2.31 bits per heavy atom. The van der Waals surface area contributed by atoms with Gasteiger partial charge in [0.15, 0.2) is 0 Å². The summed E-state index contributed by atoms with van der Waals surface area (Å²) in [5.41, 5.74) is 7.26. The molecule has 2 aromatic carbocycles. The van der Waals surface area contributed by atoms with Crippen LogP contribution in [-0.2, 0) is 0 Å². The van der Waals surface area contributed by atoms with E-state index in [4.69, 9.17) is 5.73 Å². The summed E-state index contributed by atoms with van der Waals surface area (Å²) in [6, 6.07) is 10.3. The smallest absolute Gasteiger partial charge is 0.256 e. The minimum absolute atomic E-state index is 0. The van der Waals surface area contributed by atoms with Crippen molar-refractivity contribution >= 4 is 18.3 Å². The van der Waals surface area contributed by atoms with Crippen LogP contribution in [0.2, 0.25) is 0 Å². The highest BCUT2D eigenvalue weighted by Gasteiger charge is 2.36. The number of benzene rings is 2. The molecule has 3 nitrogen and oxygen atoms in total. The summed E-state index contributed by atoms with van der Waals surface area (Å²) >= 11 is 0. The van der Waals surface area contributed by atoms with Gasteiger partial charge in [0.1, 0.15) is 11.6 Å². The number of likely N-dealkylation sites (tertiary alicyclic amines) is 1. The fourth-order valence-corrected chi connectivity index (χ4v) is 3.23. The van der Waals surface area contributed by atoms with Crippen molar-refractivity contribution in [2.45, 2.75) is 26.3 Å². The van der Waals surface area contributed by atoms with Crippen LogP contribution in [0, 0.1) is 17.0 Å². The Morgan fingerprint density at radius 2 is 1.73 bits per heavy atom. The zero-order chi connectivity index (χ0) is 18.2. The summed E-state index contributed by atoms with van der Waals surface area (Å²) in [6.45, 7) is 5.07. The number of nitrogens with zero attached hydrogens (tertiary/aromatic N) is 1. The van der Waals surface area contributed by atoms with Crippen LogP contribution < -0.4 is 5.73 Å². The fourth-order valence-electron chi connectivity index (χ4n) is 3.23. The highest BCUT2D eigenvalue weighted by atomic mass is 35.5. The van der Waals surface area contributed by atoms with Crippen molar-refractivity contribution in [3.63, 3.8) is 0 Å². The number of piperidine rings is 1. The lowest BCUT2D eigenvalue weighted by molar-refractivity contribution is 0.0528. The van der Waals surface area contributed by atoms with Gasteiger partial charge in [0.2, 0.25) is 0 Å². The van der Waals surface area contributed by atoms with Gasteiger partial charge in [0.05, 0.1) is 5.56 Å². The molecule has 0 spiro atoms. The average Bonchev–Trinajstić information content (AvgIpc) is 2.57. The number of carbonyl (C=O) groups excluding carboxylic acids is 1. The maximum absolute atomic E-state index is 14.5. The van der Waals surface area contributed by atoms with E-state index in [9.17, 15) is 13.6 Å². The van der Waals surface area contributed by atoms with Gasteiger partial charge in [-0.3, -0.25) is 4.79 Å². The molecule has 0 radical (unpaired) electrons. The van der Waals surface area contributed by atoms with E-state index in [-0.39, 0.29) is 41.2 Å². The maximum Gasteiger partial charge on any atom is 0.256 e. The number of halogens is 3. The molecule has 1 saturated heterocycles. The Labute approximate surface area is 158 Å². The SMILES string of the molecule is CC1(C)CN(C(=O)c2ccc(-c3ccc(F)cc3)cc2F)CCC1N.Cl. The van der Waals surface area contributed by atoms with Crippen LogP contribution in [0.5, 0.6) is 0 Å². The Hall–Kier alpha value is -1.98. The van der Waals surface area contributed by atoms with Crippen LogP contribution in [0.3, 0.4) is 0 Å². The average molecular weight is 381 g/mol. The van der Waals surface area contributed by atoms with Gasteiger partial charge in [0.25, 0.3) is 5.91 Å². The number of rotatable bonds is 2. The number of hydrogen-bond acceptors (Lipinski definition) is 2. The third kappa shape index (κ3) is 4.05. The van der Waals surface area contributed by atoms with Gasteiger partial charge >= 0.3 is 0 Å². The molecule has 0 aliphatic carbocycles. The first-order valence-corrected chi connectivity index (χ1v) is 8.38. The Morgan fingerprint density at radius 1 is 1.12 bits per heavy atom. The molecule has 1 amide bonds. The second-order valence-corrected chi connectivity index (χ2v) is 7.31. The Balaban J connectivity index is 0.00000243. The second kappa shape index (κ2) is 7.72. The van der Waals surface area contributed by atoms with Crippen LogP contribution in [0.4, 0.5) is 8.78 Å². The van der Waals surface area contributed by atoms with Gasteiger partial charge in [-0.25, -0.2) is 8.78 Å². The molecule has 140 valence electrons. The van der Waals surface area contributed by atoms with E-state index in [1.807, 2.05) is 13.8 Å². The molecule has 1 heterocycles. The highest BCUT2D eigenvalue weighted by molar-refractivity contribution is 5.95. The molecule has 1 fully saturated rings. The van der Waals surface area contributed by atoms with Crippen molar-refractivity contribution in [2.75, 3.05) is 13.1 Å². The first-order chi connectivity index (χ1) is 11.8. The van der Waals surface area contributed by atoms with Crippen molar-refractivity contribution in [1.29, 1.82) is 0 Å². The number of amides is 1. The second-order valence-electron chi connectivity index (χ2n) is 7.31. The summed E-state index contributed by atoms with van der Waals surface area (Å²) < 4.78 is 27.6. The van der Waals surface area contributed by atoms with Gasteiger partial charge in [-0.2, -0.15) is 0 Å². The Bertz CT molecular complexity index is 793. The lowest BCUT2D eigenvalue weighted by atomic mass is 9.79. The maximum atomic E-state index is 14.5. The van der Waals surface area contributed by atoms with Crippen molar-refractivity contribution in [1.82, 2.24) is 4.90 Å². The summed E-state index contributed by atoms with van der Waals surface area (Å²) in [7, 11) is 0. The molecule has 3 rings (SSSR count). The van der Waals surface area contributed by atoms with Crippen LogP contribution in [0.25, 0.3) is 11.1 Å². The van der Waals surface area contributed by atoms with Gasteiger partial charge in [-0.05, 0) is 47.2 Å². The number of hydrogen-bond donors (Lipinski definition) is 1. The van der Waals surface area contributed by atoms with Crippen LogP contribution in [0.1, 0.15) is 30.6 Å². The van der Waals surface area contributed by atoms with E-state index in [0.29, 0.717) is 30.6 Å². The molecule has 26 heavy (non-hydrogen) atoms. The van der Waals surface area contributed by atoms with Gasteiger partial charge < -0.3 is 10.6 Å². The number of nitrogens with two attached hydrogens (primary N) is 1. The molecule has 0 saturated carbocycles. The zero-order valence-corrected chi connectivity index (χ0v) is 15.7. The van der Waals surface area contributed by atoms with Crippen molar-refractivity contribution in [3.05, 3.63) is 59.7 Å². The number of carbonyl (C=O) groups is 1. The standard InChI is InChI=1S/C20H22F2N2O.ClH/c1-20(2)12-24(10-9-18(20)23)19(25)16-8-5-14(11-17(16)22)13-3-6-15(21)7-4-13;/h3-8,11,18H,9-10,12,23H2,1-2H3;1H. The third-order valence-electron chi connectivity index (χ3n) is 4.98. The molecule has 2 N–H and O–H groups in total. The van der Waals surface area contributed by atoms with Gasteiger partial charge in [0, 0.05) is 19.1 Å². The summed E-state index contributed by atoms with van der Waals surface area (Å²) in [5, 5.41) is 0. The van der Waals surface area contributed by atoms with Crippen LogP contribution >= 0.6 is 12.4 Å². The largest absolute Gasteiger partial charge is 0.338 e. The molecular weight excluding hydrogens is 358 g/mol. The van der Waals surface area contributed by atoms with Gasteiger partial charge in [-0.15, -0.1) is 12.4 Å². The predicted octanol–water partition coefficient (Wildman–Crippen LogP) is 4.25. The minimum Gasteiger partial charge on any atom is -0.338 e. The van der Waals surface area contributed by atoms with E-state index >= 15 is 0 Å². The normalized spacial score (nSPS) is 19.0. The Kier molecular flexibility index (Phi) is 6.04. The van der Waals surface area contributed by atoms with Crippen LogP contribution in [-0.4, -0.2) is 29.9 Å². The van der Waals surface area contributed by atoms with Crippen LogP contribution in [0.15, 0.2) is 42.5 Å². The molecule has 6 heteroatoms. The third-order valence-corrected chi connectivity index (χ3v) is 4.98. The molecule has 1 aliphatic heterocycles. The van der Waals surface area contributed by atoms with Crippen molar-refractivity contribution in [3.8, 4) is 11.1 Å². The summed E-state index contributed by atoms with van der Waals surface area (Å²) in [5.74, 6) is -1.23. The molecule has 2 aromatic rings. The topological polar surface area (TPSA) is 46.3 Å². The van der Waals surface area contributed by atoms with Crippen molar-refractivity contribution in [2.24, 2.45) is 11.1 Å². The van der Waals surface area contributed by atoms with Gasteiger partial charge in [-0.1, -0.05) is 32.0 Å². The first-order valence-electron chi connectivity index (χ1n) is 8.38. The highest BCUT2D eigenvalue weighted by Crippen LogP contribution is 2.29. The predicted molar refractivity (Wildman–Crippen MR) is 101 cm³/mol. The molecule has 0 aromatic heterocycles. The molecule has 1 aliphatic rings. The molecule has 0 bridgehead atoms. The molecule has 1 unspecified atom stereocenters. The lowest BCUT2D eigenvalue weighted by Crippen LogP contribution is -2.54. The minimum atomic E-state index is -0.570. The first kappa shape index (κ1) is 20.3. The van der Waals surface area contributed by atoms with E-state index in [1.165, 1.54) is 24.3 Å².